The molecule has 2 aromatic rings. The molecule has 2 atom stereocenters. The lowest BCUT2D eigenvalue weighted by Gasteiger charge is -2.20. The smallest absolute Gasteiger partial charge is 0.161 e. The molecule has 0 aliphatic heterocycles. The molecule has 0 spiro atoms. The van der Waals surface area contributed by atoms with Crippen LogP contribution in [0.1, 0.15) is 24.1 Å². The molecule has 3 N–H and O–H groups in total. The van der Waals surface area contributed by atoms with Gasteiger partial charge in [-0.2, -0.15) is 0 Å². The van der Waals surface area contributed by atoms with E-state index in [-0.39, 0.29) is 0 Å². The van der Waals surface area contributed by atoms with Gasteiger partial charge in [0, 0.05) is 6.42 Å². The summed E-state index contributed by atoms with van der Waals surface area (Å²) < 4.78 is 10.8. The summed E-state index contributed by atoms with van der Waals surface area (Å²) >= 11 is 0. The van der Waals surface area contributed by atoms with Gasteiger partial charge in [-0.05, 0) is 30.2 Å². The summed E-state index contributed by atoms with van der Waals surface area (Å²) in [6.07, 6.45) is -0.150. The minimum atomic E-state index is -0.662. The van der Waals surface area contributed by atoms with Gasteiger partial charge < -0.3 is 20.3 Å². The standard InChI is InChI=1S/C18H23NO3/c1-3-22-17-12-14(9-10-16(17)21-2)18(19)15(20)11-13-7-5-4-6-8-13/h4-10,12,15,18,20H,3,11,19H2,1-2H3/t15-,18+/m0/s1. The lowest BCUT2D eigenvalue weighted by molar-refractivity contribution is 0.145. The van der Waals surface area contributed by atoms with E-state index in [1.165, 1.54) is 0 Å². The highest BCUT2D eigenvalue weighted by atomic mass is 16.5. The van der Waals surface area contributed by atoms with Gasteiger partial charge >= 0.3 is 0 Å². The lowest BCUT2D eigenvalue weighted by Crippen LogP contribution is -2.28. The van der Waals surface area contributed by atoms with E-state index in [1.54, 1.807) is 7.11 Å². The Morgan fingerprint density at radius 3 is 2.45 bits per heavy atom. The van der Waals surface area contributed by atoms with Gasteiger partial charge in [0.15, 0.2) is 11.5 Å². The fourth-order valence-electron chi connectivity index (χ4n) is 2.37. The van der Waals surface area contributed by atoms with Crippen LogP contribution in [0.3, 0.4) is 0 Å². The van der Waals surface area contributed by atoms with Gasteiger partial charge in [0.1, 0.15) is 0 Å². The highest BCUT2D eigenvalue weighted by molar-refractivity contribution is 5.44. The summed E-state index contributed by atoms with van der Waals surface area (Å²) in [5.74, 6) is 1.31. The molecule has 4 heteroatoms. The second kappa shape index (κ2) is 7.82. The van der Waals surface area contributed by atoms with Crippen LogP contribution in [0.15, 0.2) is 48.5 Å². The van der Waals surface area contributed by atoms with Crippen LogP contribution < -0.4 is 15.2 Å². The molecule has 0 saturated heterocycles. The molecule has 0 aliphatic rings. The summed E-state index contributed by atoms with van der Waals surface area (Å²) in [6.45, 7) is 2.46. The number of rotatable bonds is 7. The molecule has 2 rings (SSSR count). The molecule has 0 unspecified atom stereocenters. The van der Waals surface area contributed by atoms with Crippen LogP contribution in [0.5, 0.6) is 11.5 Å². The van der Waals surface area contributed by atoms with E-state index >= 15 is 0 Å². The first kappa shape index (κ1) is 16.3. The third kappa shape index (κ3) is 4.00. The number of hydrogen-bond acceptors (Lipinski definition) is 4. The van der Waals surface area contributed by atoms with Crippen molar-refractivity contribution in [1.29, 1.82) is 0 Å². The highest BCUT2D eigenvalue weighted by Crippen LogP contribution is 2.31. The average molecular weight is 301 g/mol. The molecular formula is C18H23NO3. The normalized spacial score (nSPS) is 13.5. The van der Waals surface area contributed by atoms with E-state index in [4.69, 9.17) is 15.2 Å². The van der Waals surface area contributed by atoms with Crippen molar-refractivity contribution in [3.8, 4) is 11.5 Å². The summed E-state index contributed by atoms with van der Waals surface area (Å²) in [7, 11) is 1.60. The van der Waals surface area contributed by atoms with Crippen LogP contribution in [0.25, 0.3) is 0 Å². The monoisotopic (exact) mass is 301 g/mol. The molecule has 0 heterocycles. The minimum Gasteiger partial charge on any atom is -0.493 e. The van der Waals surface area contributed by atoms with E-state index in [9.17, 15) is 5.11 Å². The number of aliphatic hydroxyl groups excluding tert-OH is 1. The molecular weight excluding hydrogens is 278 g/mol. The first-order valence-corrected chi connectivity index (χ1v) is 7.44. The Morgan fingerprint density at radius 1 is 1.09 bits per heavy atom. The molecule has 4 nitrogen and oxygen atoms in total. The maximum Gasteiger partial charge on any atom is 0.161 e. The van der Waals surface area contributed by atoms with Gasteiger partial charge in [-0.25, -0.2) is 0 Å². The molecule has 0 radical (unpaired) electrons. The van der Waals surface area contributed by atoms with E-state index in [0.29, 0.717) is 24.5 Å². The van der Waals surface area contributed by atoms with Crippen LogP contribution in [0, 0.1) is 0 Å². The van der Waals surface area contributed by atoms with Gasteiger partial charge in [-0.15, -0.1) is 0 Å². The second-order valence-electron chi connectivity index (χ2n) is 5.13. The molecule has 22 heavy (non-hydrogen) atoms. The zero-order valence-corrected chi connectivity index (χ0v) is 13.0. The number of hydrogen-bond donors (Lipinski definition) is 2. The minimum absolute atomic E-state index is 0.481. The molecule has 2 aromatic carbocycles. The Balaban J connectivity index is 2.14. The SMILES string of the molecule is CCOc1cc([C@@H](N)[C@@H](O)Cc2ccccc2)ccc1OC. The van der Waals surface area contributed by atoms with E-state index in [0.717, 1.165) is 11.1 Å². The van der Waals surface area contributed by atoms with Crippen molar-refractivity contribution in [3.05, 3.63) is 59.7 Å². The summed E-state index contributed by atoms with van der Waals surface area (Å²) in [4.78, 5) is 0. The van der Waals surface area contributed by atoms with Crippen molar-refractivity contribution >= 4 is 0 Å². The molecule has 0 amide bonds. The molecule has 118 valence electrons. The Bertz CT molecular complexity index is 586. The summed E-state index contributed by atoms with van der Waals surface area (Å²) in [5, 5.41) is 10.4. The number of ether oxygens (including phenoxy) is 2. The highest BCUT2D eigenvalue weighted by Gasteiger charge is 2.19. The average Bonchev–Trinajstić information content (AvgIpc) is 2.55. The predicted octanol–water partition coefficient (Wildman–Crippen LogP) is 2.70. The van der Waals surface area contributed by atoms with Crippen LogP contribution in [0.4, 0.5) is 0 Å². The molecule has 0 aliphatic carbocycles. The second-order valence-corrected chi connectivity index (χ2v) is 5.13. The summed E-state index contributed by atoms with van der Waals surface area (Å²) in [5.41, 5.74) is 8.08. The fourth-order valence-corrected chi connectivity index (χ4v) is 2.37. The van der Waals surface area contributed by atoms with Crippen molar-refractivity contribution in [2.24, 2.45) is 5.73 Å². The number of methoxy groups -OCH3 is 1. The molecule has 0 aromatic heterocycles. The Morgan fingerprint density at radius 2 is 1.82 bits per heavy atom. The first-order valence-electron chi connectivity index (χ1n) is 7.44. The van der Waals surface area contributed by atoms with Gasteiger partial charge in [-0.3, -0.25) is 0 Å². The Kier molecular flexibility index (Phi) is 5.81. The Hall–Kier alpha value is -2.04. The van der Waals surface area contributed by atoms with Crippen molar-refractivity contribution in [1.82, 2.24) is 0 Å². The third-order valence-electron chi connectivity index (χ3n) is 3.57. The zero-order valence-electron chi connectivity index (χ0n) is 13.0. The fraction of sp³-hybridized carbons (Fsp3) is 0.333. The maximum atomic E-state index is 10.4. The molecule has 0 bridgehead atoms. The van der Waals surface area contributed by atoms with Crippen LogP contribution in [-0.4, -0.2) is 24.9 Å². The number of benzene rings is 2. The van der Waals surface area contributed by atoms with E-state index in [2.05, 4.69) is 0 Å². The predicted molar refractivity (Wildman–Crippen MR) is 87.2 cm³/mol. The van der Waals surface area contributed by atoms with Crippen LogP contribution >= 0.6 is 0 Å². The van der Waals surface area contributed by atoms with Gasteiger partial charge in [0.25, 0.3) is 0 Å². The van der Waals surface area contributed by atoms with E-state index < -0.39 is 12.1 Å². The number of aliphatic hydroxyl groups is 1. The third-order valence-corrected chi connectivity index (χ3v) is 3.57. The van der Waals surface area contributed by atoms with Gasteiger partial charge in [-0.1, -0.05) is 36.4 Å². The largest absolute Gasteiger partial charge is 0.493 e. The Labute approximate surface area is 131 Å². The van der Waals surface area contributed by atoms with Gasteiger partial charge in [0.05, 0.1) is 25.9 Å². The maximum absolute atomic E-state index is 10.4. The van der Waals surface area contributed by atoms with Crippen LogP contribution in [0.2, 0.25) is 0 Å². The van der Waals surface area contributed by atoms with Gasteiger partial charge in [0.2, 0.25) is 0 Å². The first-order chi connectivity index (χ1) is 10.7. The molecule has 0 saturated carbocycles. The molecule has 0 fully saturated rings. The zero-order chi connectivity index (χ0) is 15.9. The summed E-state index contributed by atoms with van der Waals surface area (Å²) in [6, 6.07) is 14.9. The van der Waals surface area contributed by atoms with Crippen molar-refractivity contribution in [2.45, 2.75) is 25.5 Å². The van der Waals surface area contributed by atoms with Crippen molar-refractivity contribution in [3.63, 3.8) is 0 Å². The van der Waals surface area contributed by atoms with Crippen molar-refractivity contribution in [2.75, 3.05) is 13.7 Å². The quantitative estimate of drug-likeness (QED) is 0.825. The lowest BCUT2D eigenvalue weighted by atomic mass is 9.96. The van der Waals surface area contributed by atoms with E-state index in [1.807, 2.05) is 55.5 Å². The number of nitrogens with two attached hydrogens (primary N) is 1. The topological polar surface area (TPSA) is 64.7 Å². The van der Waals surface area contributed by atoms with Crippen molar-refractivity contribution < 1.29 is 14.6 Å². The van der Waals surface area contributed by atoms with Crippen LogP contribution in [-0.2, 0) is 6.42 Å².